The minimum absolute atomic E-state index is 0.00978. The van der Waals surface area contributed by atoms with Crippen LogP contribution in [0.15, 0.2) is 41.3 Å². The lowest BCUT2D eigenvalue weighted by Crippen LogP contribution is -2.41. The fourth-order valence-electron chi connectivity index (χ4n) is 4.77. The molecule has 4 heterocycles. The van der Waals surface area contributed by atoms with Crippen molar-refractivity contribution in [2.24, 2.45) is 7.05 Å². The minimum atomic E-state index is -0.118. The topological polar surface area (TPSA) is 69.4 Å². The van der Waals surface area contributed by atoms with Gasteiger partial charge < -0.3 is 14.2 Å². The summed E-state index contributed by atoms with van der Waals surface area (Å²) in [5, 5.41) is 5.71. The van der Waals surface area contributed by atoms with Crippen LogP contribution in [0.3, 0.4) is 0 Å². The van der Waals surface area contributed by atoms with Gasteiger partial charge in [-0.15, -0.1) is 0 Å². The summed E-state index contributed by atoms with van der Waals surface area (Å²) in [4.78, 5) is 27.7. The molecule has 1 unspecified atom stereocenters. The summed E-state index contributed by atoms with van der Waals surface area (Å²) in [6.45, 7) is 2.28. The maximum Gasteiger partial charge on any atom is 0.267 e. The summed E-state index contributed by atoms with van der Waals surface area (Å²) >= 11 is 0. The van der Waals surface area contributed by atoms with E-state index in [-0.39, 0.29) is 17.5 Å². The van der Waals surface area contributed by atoms with Crippen LogP contribution in [0, 0.1) is 0 Å². The van der Waals surface area contributed by atoms with Gasteiger partial charge in [-0.2, -0.15) is 5.10 Å². The number of likely N-dealkylation sites (tertiary alicyclic amines) is 1. The van der Waals surface area contributed by atoms with Crippen molar-refractivity contribution >= 4 is 16.8 Å². The highest BCUT2D eigenvalue weighted by atomic mass is 16.5. The number of para-hydroxylation sites is 1. The third-order valence-corrected chi connectivity index (χ3v) is 6.31. The first-order valence-corrected chi connectivity index (χ1v) is 10.6. The van der Waals surface area contributed by atoms with Gasteiger partial charge in [0.25, 0.3) is 5.56 Å². The Bertz CT molecular complexity index is 1160. The van der Waals surface area contributed by atoms with E-state index in [2.05, 4.69) is 21.8 Å². The molecule has 30 heavy (non-hydrogen) atoms. The number of ether oxygens (including phenoxy) is 1. The van der Waals surface area contributed by atoms with Crippen LogP contribution < -0.4 is 5.56 Å². The zero-order chi connectivity index (χ0) is 20.7. The number of hydrogen-bond donors (Lipinski definition) is 0. The van der Waals surface area contributed by atoms with E-state index in [1.54, 1.807) is 10.7 Å². The van der Waals surface area contributed by atoms with Gasteiger partial charge >= 0.3 is 0 Å². The lowest BCUT2D eigenvalue weighted by Gasteiger charge is -2.25. The van der Waals surface area contributed by atoms with Crippen molar-refractivity contribution in [2.45, 2.75) is 44.9 Å². The zero-order valence-corrected chi connectivity index (χ0v) is 17.2. The number of benzene rings is 1. The lowest BCUT2D eigenvalue weighted by atomic mass is 10.1. The molecule has 0 spiro atoms. The molecule has 0 radical (unpaired) electrons. The number of carbonyl (C=O) groups excluding carboxylic acids is 1. The molecule has 156 valence electrons. The van der Waals surface area contributed by atoms with Crippen LogP contribution in [-0.4, -0.2) is 44.3 Å². The van der Waals surface area contributed by atoms with Crippen LogP contribution in [0.4, 0.5) is 0 Å². The SMILES string of the molecule is Cn1cc(CC(=O)N2CCCC2Cn2nc3c(cc2=O)COCC3)c2ccccc21. The molecule has 0 bridgehead atoms. The number of nitrogens with zero attached hydrogens (tertiary/aromatic N) is 4. The van der Waals surface area contributed by atoms with E-state index in [0.717, 1.165) is 53.5 Å². The number of rotatable bonds is 4. The van der Waals surface area contributed by atoms with E-state index in [1.807, 2.05) is 30.3 Å². The maximum absolute atomic E-state index is 13.2. The highest BCUT2D eigenvalue weighted by molar-refractivity contribution is 5.89. The Morgan fingerprint density at radius 2 is 2.17 bits per heavy atom. The Balaban J connectivity index is 1.35. The molecule has 2 aromatic heterocycles. The average molecular weight is 406 g/mol. The van der Waals surface area contributed by atoms with E-state index < -0.39 is 0 Å². The predicted octanol–water partition coefficient (Wildman–Crippen LogP) is 2.04. The predicted molar refractivity (Wildman–Crippen MR) is 113 cm³/mol. The first kappa shape index (κ1) is 19.1. The van der Waals surface area contributed by atoms with Gasteiger partial charge in [0, 0.05) is 48.7 Å². The smallest absolute Gasteiger partial charge is 0.267 e. The van der Waals surface area contributed by atoms with E-state index in [9.17, 15) is 9.59 Å². The van der Waals surface area contributed by atoms with E-state index in [1.165, 1.54) is 0 Å². The maximum atomic E-state index is 13.2. The third kappa shape index (κ3) is 3.43. The highest BCUT2D eigenvalue weighted by Crippen LogP contribution is 2.24. The Hall–Kier alpha value is -2.93. The van der Waals surface area contributed by atoms with Crippen molar-refractivity contribution < 1.29 is 9.53 Å². The van der Waals surface area contributed by atoms with Crippen molar-refractivity contribution in [3.63, 3.8) is 0 Å². The summed E-state index contributed by atoms with van der Waals surface area (Å²) in [5.74, 6) is 0.119. The normalized spacial score (nSPS) is 18.7. The van der Waals surface area contributed by atoms with Crippen LogP contribution >= 0.6 is 0 Å². The summed E-state index contributed by atoms with van der Waals surface area (Å²) in [6, 6.07) is 9.81. The van der Waals surface area contributed by atoms with Gasteiger partial charge in [-0.3, -0.25) is 9.59 Å². The minimum Gasteiger partial charge on any atom is -0.376 e. The van der Waals surface area contributed by atoms with Gasteiger partial charge in [0.2, 0.25) is 5.91 Å². The van der Waals surface area contributed by atoms with Crippen LogP contribution in [0.1, 0.15) is 29.7 Å². The zero-order valence-electron chi connectivity index (χ0n) is 17.2. The Morgan fingerprint density at radius 1 is 1.30 bits per heavy atom. The molecule has 0 saturated carbocycles. The van der Waals surface area contributed by atoms with Crippen LogP contribution in [-0.2, 0) is 42.6 Å². The molecule has 7 heteroatoms. The molecular formula is C23H26N4O3. The number of aryl methyl sites for hydroxylation is 1. The van der Waals surface area contributed by atoms with Gasteiger partial charge in [0.1, 0.15) is 0 Å². The largest absolute Gasteiger partial charge is 0.376 e. The summed E-state index contributed by atoms with van der Waals surface area (Å²) in [7, 11) is 2.01. The second-order valence-corrected chi connectivity index (χ2v) is 8.28. The average Bonchev–Trinajstić information content (AvgIpc) is 3.33. The number of hydrogen-bond acceptors (Lipinski definition) is 4. The summed E-state index contributed by atoms with van der Waals surface area (Å²) in [5.41, 5.74) is 3.89. The first-order valence-electron chi connectivity index (χ1n) is 10.6. The van der Waals surface area contributed by atoms with Crippen molar-refractivity contribution in [1.82, 2.24) is 19.2 Å². The molecule has 1 aromatic carbocycles. The quantitative estimate of drug-likeness (QED) is 0.665. The number of amides is 1. The van der Waals surface area contributed by atoms with Crippen molar-refractivity contribution in [3.8, 4) is 0 Å². The molecule has 2 aliphatic rings. The molecule has 1 amide bonds. The van der Waals surface area contributed by atoms with Crippen molar-refractivity contribution in [2.75, 3.05) is 13.2 Å². The van der Waals surface area contributed by atoms with Crippen LogP contribution in [0.25, 0.3) is 10.9 Å². The fraction of sp³-hybridized carbons (Fsp3) is 0.435. The number of fused-ring (bicyclic) bond motifs is 2. The number of carbonyl (C=O) groups is 1. The molecule has 1 saturated heterocycles. The van der Waals surface area contributed by atoms with E-state index in [0.29, 0.717) is 26.2 Å². The van der Waals surface area contributed by atoms with E-state index >= 15 is 0 Å². The summed E-state index contributed by atoms with van der Waals surface area (Å²) < 4.78 is 9.03. The summed E-state index contributed by atoms with van der Waals surface area (Å²) in [6.07, 6.45) is 5.01. The monoisotopic (exact) mass is 406 g/mol. The molecule has 7 nitrogen and oxygen atoms in total. The van der Waals surface area contributed by atoms with Crippen LogP contribution in [0.2, 0.25) is 0 Å². The molecule has 0 aliphatic carbocycles. The first-order chi connectivity index (χ1) is 14.6. The second kappa shape index (κ2) is 7.72. The lowest BCUT2D eigenvalue weighted by molar-refractivity contribution is -0.131. The highest BCUT2D eigenvalue weighted by Gasteiger charge is 2.30. The standard InChI is InChI=1S/C23H26N4O3/c1-25-13-16(19-6-2-3-7-21(19)25)11-22(28)26-9-4-5-18(26)14-27-23(29)12-17-15-30-10-8-20(17)24-27/h2-3,6-7,12-13,18H,4-5,8-11,14-15H2,1H3. The van der Waals surface area contributed by atoms with Crippen molar-refractivity contribution in [3.05, 3.63) is 63.7 Å². The van der Waals surface area contributed by atoms with Gasteiger partial charge in [-0.25, -0.2) is 4.68 Å². The Morgan fingerprint density at radius 3 is 3.07 bits per heavy atom. The fourth-order valence-corrected chi connectivity index (χ4v) is 4.77. The van der Waals surface area contributed by atoms with Gasteiger partial charge in [0.05, 0.1) is 37.9 Å². The van der Waals surface area contributed by atoms with E-state index in [4.69, 9.17) is 4.74 Å². The molecule has 1 atom stereocenters. The molecule has 1 fully saturated rings. The molecule has 3 aromatic rings. The van der Waals surface area contributed by atoms with Gasteiger partial charge in [-0.05, 0) is 24.5 Å². The molecular weight excluding hydrogens is 380 g/mol. The van der Waals surface area contributed by atoms with Gasteiger partial charge in [-0.1, -0.05) is 18.2 Å². The Kier molecular flexibility index (Phi) is 4.90. The van der Waals surface area contributed by atoms with Crippen LogP contribution in [0.5, 0.6) is 0 Å². The molecule has 2 aliphatic heterocycles. The van der Waals surface area contributed by atoms with Crippen molar-refractivity contribution in [1.29, 1.82) is 0 Å². The Labute approximate surface area is 174 Å². The number of aromatic nitrogens is 3. The third-order valence-electron chi connectivity index (χ3n) is 6.31. The molecule has 5 rings (SSSR count). The second-order valence-electron chi connectivity index (χ2n) is 8.28. The van der Waals surface area contributed by atoms with Gasteiger partial charge in [0.15, 0.2) is 0 Å². The molecule has 0 N–H and O–H groups in total.